The highest BCUT2D eigenvalue weighted by molar-refractivity contribution is 9.11. The van der Waals surface area contributed by atoms with Gasteiger partial charge in [0.15, 0.2) is 0 Å². The molecule has 1 aromatic rings. The van der Waals surface area contributed by atoms with Gasteiger partial charge in [0.2, 0.25) is 0 Å². The molecule has 0 aliphatic carbocycles. The lowest BCUT2D eigenvalue weighted by Gasteiger charge is -2.28. The third-order valence-corrected chi connectivity index (χ3v) is 3.11. The molecule has 1 aliphatic rings. The third-order valence-electron chi connectivity index (χ3n) is 1.93. The molecule has 70 valence electrons. The van der Waals surface area contributed by atoms with Crippen LogP contribution in [-0.2, 0) is 4.74 Å². The molecule has 1 fully saturated rings. The molecule has 1 saturated heterocycles. The Bertz CT molecular complexity index is 312. The molecule has 0 saturated carbocycles. The molecule has 1 N–H and O–H groups in total. The Morgan fingerprint density at radius 3 is 2.69 bits per heavy atom. The van der Waals surface area contributed by atoms with Crippen LogP contribution in [0.25, 0.3) is 0 Å². The molecule has 0 aromatic heterocycles. The van der Waals surface area contributed by atoms with E-state index in [2.05, 4.69) is 43.2 Å². The average Bonchev–Trinajstić information content (AvgIpc) is 2.03. The maximum atomic E-state index is 5.09. The minimum atomic E-state index is 0.464. The maximum absolute atomic E-state index is 5.09. The predicted molar refractivity (Wildman–Crippen MR) is 60.1 cm³/mol. The van der Waals surface area contributed by atoms with Gasteiger partial charge in [0.1, 0.15) is 0 Å². The molecule has 0 amide bonds. The molecule has 13 heavy (non-hydrogen) atoms. The summed E-state index contributed by atoms with van der Waals surface area (Å²) in [7, 11) is 0. The van der Waals surface area contributed by atoms with Crippen molar-refractivity contribution in [2.24, 2.45) is 0 Å². The molecule has 0 bridgehead atoms. The van der Waals surface area contributed by atoms with Crippen LogP contribution in [0.2, 0.25) is 0 Å². The first-order valence-electron chi connectivity index (χ1n) is 4.05. The first-order valence-corrected chi connectivity index (χ1v) is 5.63. The molecule has 1 aliphatic heterocycles. The van der Waals surface area contributed by atoms with Crippen molar-refractivity contribution in [1.29, 1.82) is 0 Å². The molecule has 1 aromatic carbocycles. The summed E-state index contributed by atoms with van der Waals surface area (Å²) in [5.41, 5.74) is 1.11. The largest absolute Gasteiger partial charge is 0.377 e. The van der Waals surface area contributed by atoms with E-state index in [0.29, 0.717) is 6.04 Å². The van der Waals surface area contributed by atoms with Crippen molar-refractivity contribution in [3.63, 3.8) is 0 Å². The summed E-state index contributed by atoms with van der Waals surface area (Å²) in [5, 5.41) is 3.39. The maximum Gasteiger partial charge on any atom is 0.0729 e. The molecule has 4 heteroatoms. The Balaban J connectivity index is 2.13. The highest BCUT2D eigenvalue weighted by Crippen LogP contribution is 2.27. The first-order chi connectivity index (χ1) is 6.25. The zero-order chi connectivity index (χ0) is 9.26. The number of hydrogen-bond acceptors (Lipinski definition) is 2. The standard InChI is InChI=1S/C9H9Br2NO/c10-6-1-2-8(11)9(3-6)12-7-4-13-5-7/h1-3,7,12H,4-5H2. The molecule has 1 heterocycles. The second kappa shape index (κ2) is 3.98. The van der Waals surface area contributed by atoms with Crippen LogP contribution in [0.1, 0.15) is 0 Å². The van der Waals surface area contributed by atoms with Crippen LogP contribution in [0.3, 0.4) is 0 Å². The van der Waals surface area contributed by atoms with E-state index in [9.17, 15) is 0 Å². The van der Waals surface area contributed by atoms with E-state index in [1.807, 2.05) is 12.1 Å². The molecule has 0 radical (unpaired) electrons. The SMILES string of the molecule is Brc1ccc(Br)c(NC2COC2)c1. The minimum Gasteiger partial charge on any atom is -0.377 e. The van der Waals surface area contributed by atoms with Crippen molar-refractivity contribution in [1.82, 2.24) is 0 Å². The smallest absolute Gasteiger partial charge is 0.0729 e. The Morgan fingerprint density at radius 2 is 2.08 bits per heavy atom. The summed E-state index contributed by atoms with van der Waals surface area (Å²) in [6, 6.07) is 6.55. The fourth-order valence-electron chi connectivity index (χ4n) is 1.15. The van der Waals surface area contributed by atoms with Gasteiger partial charge >= 0.3 is 0 Å². The molecular formula is C9H9Br2NO. The lowest BCUT2D eigenvalue weighted by atomic mass is 10.2. The zero-order valence-corrected chi connectivity index (χ0v) is 10.1. The fraction of sp³-hybridized carbons (Fsp3) is 0.333. The van der Waals surface area contributed by atoms with Gasteiger partial charge in [0, 0.05) is 14.6 Å². The summed E-state index contributed by atoms with van der Waals surface area (Å²) in [6.45, 7) is 1.61. The number of anilines is 1. The van der Waals surface area contributed by atoms with Gasteiger partial charge in [0.05, 0.1) is 19.3 Å². The van der Waals surface area contributed by atoms with Crippen LogP contribution in [-0.4, -0.2) is 19.3 Å². The van der Waals surface area contributed by atoms with Crippen molar-refractivity contribution in [2.75, 3.05) is 18.5 Å². The summed E-state index contributed by atoms with van der Waals surface area (Å²) in [5.74, 6) is 0. The van der Waals surface area contributed by atoms with E-state index < -0.39 is 0 Å². The minimum absolute atomic E-state index is 0.464. The van der Waals surface area contributed by atoms with Crippen molar-refractivity contribution in [2.45, 2.75) is 6.04 Å². The van der Waals surface area contributed by atoms with Gasteiger partial charge in [0.25, 0.3) is 0 Å². The highest BCUT2D eigenvalue weighted by atomic mass is 79.9. The lowest BCUT2D eigenvalue weighted by Crippen LogP contribution is -2.40. The fourth-order valence-corrected chi connectivity index (χ4v) is 1.87. The quantitative estimate of drug-likeness (QED) is 0.907. The number of hydrogen-bond donors (Lipinski definition) is 1. The van der Waals surface area contributed by atoms with Crippen LogP contribution in [0.4, 0.5) is 5.69 Å². The summed E-state index contributed by atoms with van der Waals surface area (Å²) in [4.78, 5) is 0. The number of benzene rings is 1. The first kappa shape index (κ1) is 9.49. The van der Waals surface area contributed by atoms with Gasteiger partial charge in [-0.25, -0.2) is 0 Å². The van der Waals surface area contributed by atoms with Crippen LogP contribution >= 0.6 is 31.9 Å². The van der Waals surface area contributed by atoms with Crippen LogP contribution in [0, 0.1) is 0 Å². The highest BCUT2D eigenvalue weighted by Gasteiger charge is 2.18. The number of rotatable bonds is 2. The van der Waals surface area contributed by atoms with E-state index in [0.717, 1.165) is 27.8 Å². The molecule has 2 rings (SSSR count). The normalized spacial score (nSPS) is 16.8. The van der Waals surface area contributed by atoms with E-state index in [-0.39, 0.29) is 0 Å². The Kier molecular flexibility index (Phi) is 2.91. The Morgan fingerprint density at radius 1 is 1.31 bits per heavy atom. The van der Waals surface area contributed by atoms with Gasteiger partial charge in [-0.15, -0.1) is 0 Å². The Hall–Kier alpha value is -0.0600. The monoisotopic (exact) mass is 305 g/mol. The van der Waals surface area contributed by atoms with E-state index >= 15 is 0 Å². The van der Waals surface area contributed by atoms with Gasteiger partial charge in [-0.05, 0) is 34.1 Å². The van der Waals surface area contributed by atoms with E-state index in [1.165, 1.54) is 0 Å². The number of nitrogens with one attached hydrogen (secondary N) is 1. The predicted octanol–water partition coefficient (Wildman–Crippen LogP) is 3.02. The zero-order valence-electron chi connectivity index (χ0n) is 6.89. The Labute approximate surface area is 93.9 Å². The van der Waals surface area contributed by atoms with Crippen molar-refractivity contribution in [3.8, 4) is 0 Å². The summed E-state index contributed by atoms with van der Waals surface area (Å²) in [6.07, 6.45) is 0. The molecule has 0 atom stereocenters. The third kappa shape index (κ3) is 2.24. The number of halogens is 2. The van der Waals surface area contributed by atoms with Crippen LogP contribution in [0.5, 0.6) is 0 Å². The molecule has 0 unspecified atom stereocenters. The topological polar surface area (TPSA) is 21.3 Å². The van der Waals surface area contributed by atoms with Gasteiger partial charge in [-0.2, -0.15) is 0 Å². The summed E-state index contributed by atoms with van der Waals surface area (Å²) >= 11 is 6.92. The van der Waals surface area contributed by atoms with Crippen LogP contribution in [0.15, 0.2) is 27.1 Å². The van der Waals surface area contributed by atoms with Gasteiger partial charge in [-0.3, -0.25) is 0 Å². The van der Waals surface area contributed by atoms with E-state index in [1.54, 1.807) is 0 Å². The van der Waals surface area contributed by atoms with Crippen molar-refractivity contribution < 1.29 is 4.74 Å². The second-order valence-electron chi connectivity index (χ2n) is 3.00. The average molecular weight is 307 g/mol. The second-order valence-corrected chi connectivity index (χ2v) is 4.77. The van der Waals surface area contributed by atoms with Gasteiger partial charge < -0.3 is 10.1 Å². The molecular weight excluding hydrogens is 298 g/mol. The summed E-state index contributed by atoms with van der Waals surface area (Å²) < 4.78 is 7.26. The molecule has 2 nitrogen and oxygen atoms in total. The lowest BCUT2D eigenvalue weighted by molar-refractivity contribution is 0.0211. The number of ether oxygens (including phenoxy) is 1. The van der Waals surface area contributed by atoms with Crippen LogP contribution < -0.4 is 5.32 Å². The molecule has 0 spiro atoms. The van der Waals surface area contributed by atoms with Crippen molar-refractivity contribution >= 4 is 37.5 Å². The van der Waals surface area contributed by atoms with Crippen molar-refractivity contribution in [3.05, 3.63) is 27.1 Å². The van der Waals surface area contributed by atoms with E-state index in [4.69, 9.17) is 4.74 Å². The van der Waals surface area contributed by atoms with Gasteiger partial charge in [-0.1, -0.05) is 15.9 Å².